The van der Waals surface area contributed by atoms with E-state index < -0.39 is 0 Å². The molecule has 1 aromatic heterocycles. The molecule has 2 N–H and O–H groups in total. The first-order valence-electron chi connectivity index (χ1n) is 14.3. The molecule has 0 radical (unpaired) electrons. The summed E-state index contributed by atoms with van der Waals surface area (Å²) in [5.74, 6) is 0.903. The summed E-state index contributed by atoms with van der Waals surface area (Å²) >= 11 is 0. The first kappa shape index (κ1) is 25.7. The van der Waals surface area contributed by atoms with Crippen LogP contribution in [0.3, 0.4) is 0 Å². The lowest BCUT2D eigenvalue weighted by atomic mass is 9.87. The molecule has 0 amide bonds. The van der Waals surface area contributed by atoms with E-state index in [0.717, 1.165) is 80.2 Å². The third-order valence-electron chi connectivity index (χ3n) is 8.13. The Hall–Kier alpha value is -3.57. The number of hydrogen-bond donors (Lipinski definition) is 1. The fourth-order valence-electron chi connectivity index (χ4n) is 6.19. The van der Waals surface area contributed by atoms with Crippen LogP contribution in [0, 0.1) is 0 Å². The number of nitrogens with zero attached hydrogens (tertiary/aromatic N) is 1. The fourth-order valence-corrected chi connectivity index (χ4v) is 6.19. The van der Waals surface area contributed by atoms with Gasteiger partial charge in [-0.1, -0.05) is 24.3 Å². The highest BCUT2D eigenvalue weighted by Crippen LogP contribution is 2.40. The predicted molar refractivity (Wildman–Crippen MR) is 157 cm³/mol. The first-order chi connectivity index (χ1) is 19.2. The Morgan fingerprint density at radius 3 is 2.79 bits per heavy atom. The zero-order valence-corrected chi connectivity index (χ0v) is 22.5. The third-order valence-corrected chi connectivity index (χ3v) is 8.13. The smallest absolute Gasteiger partial charge is 0.130 e. The van der Waals surface area contributed by atoms with Crippen molar-refractivity contribution in [3.8, 4) is 5.75 Å². The molecule has 1 saturated heterocycles. The van der Waals surface area contributed by atoms with Gasteiger partial charge in [0.15, 0.2) is 0 Å². The molecular weight excluding hydrogens is 487 g/mol. The van der Waals surface area contributed by atoms with E-state index in [1.807, 2.05) is 12.1 Å². The van der Waals surface area contributed by atoms with E-state index in [9.17, 15) is 4.39 Å². The molecule has 2 heterocycles. The van der Waals surface area contributed by atoms with Crippen molar-refractivity contribution in [1.29, 1.82) is 0 Å². The molecule has 3 aromatic rings. The largest absolute Gasteiger partial charge is 0.489 e. The number of anilines is 1. The minimum atomic E-state index is -0.228. The number of nitrogens with two attached hydrogens (primary N) is 1. The highest BCUT2D eigenvalue weighted by atomic mass is 19.1. The van der Waals surface area contributed by atoms with Crippen LogP contribution in [0.2, 0.25) is 0 Å². The minimum Gasteiger partial charge on any atom is -0.489 e. The summed E-state index contributed by atoms with van der Waals surface area (Å²) < 4.78 is 24.5. The standard InChI is InChI=1S/C34H37FN2O2/c35-17-1-2-18-37-19-15-30(23-37)39-29-12-9-24(10-13-29)34-31(7-3-5-26-22-28(36)11-14-32(26)34)25-6-4-8-33-27(21-25)16-20-38-33/h6,8-14,16,20-22,30H,1-5,7,15,17-19,23,36H2/t30-/m0/s1. The highest BCUT2D eigenvalue weighted by molar-refractivity contribution is 5.89. The molecule has 1 aliphatic heterocycles. The highest BCUT2D eigenvalue weighted by Gasteiger charge is 2.24. The Bertz CT molecular complexity index is 1500. The van der Waals surface area contributed by atoms with Gasteiger partial charge in [-0.15, -0.1) is 0 Å². The predicted octanol–water partition coefficient (Wildman–Crippen LogP) is 5.79. The molecular formula is C34H37FN2O2. The SMILES string of the molecule is Nc1ccc2c(c1)CCCC(C1=CCC=c3occc3=C1)=C2c1ccc(O[C@H]2CCN(CCCCF)C2)cc1. The van der Waals surface area contributed by atoms with Gasteiger partial charge in [-0.3, -0.25) is 9.29 Å². The van der Waals surface area contributed by atoms with E-state index >= 15 is 0 Å². The van der Waals surface area contributed by atoms with Gasteiger partial charge in [-0.2, -0.15) is 0 Å². The Kier molecular flexibility index (Phi) is 7.69. The van der Waals surface area contributed by atoms with Crippen LogP contribution in [0.1, 0.15) is 55.2 Å². The maximum Gasteiger partial charge on any atom is 0.130 e. The summed E-state index contributed by atoms with van der Waals surface area (Å²) in [6.45, 7) is 2.66. The summed E-state index contributed by atoms with van der Waals surface area (Å²) in [5.41, 5.74) is 15.7. The summed E-state index contributed by atoms with van der Waals surface area (Å²) in [6, 6.07) is 17.0. The van der Waals surface area contributed by atoms with Crippen molar-refractivity contribution >= 4 is 23.4 Å². The lowest BCUT2D eigenvalue weighted by Crippen LogP contribution is -2.25. The van der Waals surface area contributed by atoms with Gasteiger partial charge in [0.25, 0.3) is 0 Å². The number of ether oxygens (including phenoxy) is 1. The fraction of sp³-hybridized carbons (Fsp3) is 0.353. The van der Waals surface area contributed by atoms with Crippen LogP contribution < -0.4 is 21.1 Å². The summed E-state index contributed by atoms with van der Waals surface area (Å²) in [4.78, 5) is 2.39. The maximum atomic E-state index is 12.5. The normalized spacial score (nSPS) is 19.3. The van der Waals surface area contributed by atoms with Crippen LogP contribution in [0.15, 0.2) is 76.4 Å². The number of halogens is 1. The summed E-state index contributed by atoms with van der Waals surface area (Å²) in [6.07, 6.45) is 15.2. The number of furan rings is 1. The molecule has 0 saturated carbocycles. The van der Waals surface area contributed by atoms with Crippen LogP contribution in [-0.2, 0) is 6.42 Å². The Balaban J connectivity index is 1.32. The molecule has 3 aliphatic rings. The van der Waals surface area contributed by atoms with E-state index in [2.05, 4.69) is 59.5 Å². The van der Waals surface area contributed by atoms with E-state index in [1.165, 1.54) is 33.4 Å². The van der Waals surface area contributed by atoms with Crippen LogP contribution in [-0.4, -0.2) is 37.3 Å². The summed E-state index contributed by atoms with van der Waals surface area (Å²) in [7, 11) is 0. The molecule has 39 heavy (non-hydrogen) atoms. The monoisotopic (exact) mass is 524 g/mol. The zero-order chi connectivity index (χ0) is 26.6. The van der Waals surface area contributed by atoms with Crippen LogP contribution in [0.25, 0.3) is 17.7 Å². The Morgan fingerprint density at radius 2 is 1.92 bits per heavy atom. The molecule has 1 atom stereocenters. The zero-order valence-electron chi connectivity index (χ0n) is 22.5. The second-order valence-electron chi connectivity index (χ2n) is 10.9. The van der Waals surface area contributed by atoms with Gasteiger partial charge in [-0.05, 0) is 127 Å². The molecule has 5 heteroatoms. The van der Waals surface area contributed by atoms with Crippen LogP contribution in [0.5, 0.6) is 5.75 Å². The van der Waals surface area contributed by atoms with Crippen molar-refractivity contribution in [2.45, 2.75) is 51.0 Å². The Morgan fingerprint density at radius 1 is 1.03 bits per heavy atom. The van der Waals surface area contributed by atoms with Crippen molar-refractivity contribution < 1.29 is 13.5 Å². The van der Waals surface area contributed by atoms with Gasteiger partial charge in [0.05, 0.1) is 12.9 Å². The van der Waals surface area contributed by atoms with E-state index in [0.29, 0.717) is 6.42 Å². The second-order valence-corrected chi connectivity index (χ2v) is 10.9. The van der Waals surface area contributed by atoms with Crippen LogP contribution in [0.4, 0.5) is 10.1 Å². The van der Waals surface area contributed by atoms with Gasteiger partial charge in [0, 0.05) is 24.0 Å². The molecule has 0 unspecified atom stereocenters. The van der Waals surface area contributed by atoms with Crippen molar-refractivity contribution in [2.75, 3.05) is 32.0 Å². The molecule has 2 aromatic carbocycles. The third kappa shape index (κ3) is 5.74. The number of allylic oxidation sites excluding steroid dienone is 3. The number of fused-ring (bicyclic) bond motifs is 2. The number of aryl methyl sites for hydroxylation is 1. The van der Waals surface area contributed by atoms with Crippen molar-refractivity contribution in [3.05, 3.63) is 99.3 Å². The summed E-state index contributed by atoms with van der Waals surface area (Å²) in [5, 5.41) is 1.13. The van der Waals surface area contributed by atoms with Gasteiger partial charge in [0.1, 0.15) is 17.3 Å². The number of unbranched alkanes of at least 4 members (excludes halogenated alkanes) is 1. The molecule has 0 bridgehead atoms. The Labute approximate surface area is 230 Å². The number of benzene rings is 2. The molecule has 1 fully saturated rings. The number of hydrogen-bond acceptors (Lipinski definition) is 4. The molecule has 4 nitrogen and oxygen atoms in total. The molecule has 2 aliphatic carbocycles. The van der Waals surface area contributed by atoms with Gasteiger partial charge >= 0.3 is 0 Å². The maximum absolute atomic E-state index is 12.5. The van der Waals surface area contributed by atoms with E-state index in [1.54, 1.807) is 6.26 Å². The van der Waals surface area contributed by atoms with Gasteiger partial charge in [0.2, 0.25) is 0 Å². The minimum absolute atomic E-state index is 0.184. The lowest BCUT2D eigenvalue weighted by Gasteiger charge is -2.19. The quantitative estimate of drug-likeness (QED) is 0.299. The average Bonchev–Trinajstić information content (AvgIpc) is 3.47. The lowest BCUT2D eigenvalue weighted by molar-refractivity contribution is 0.199. The van der Waals surface area contributed by atoms with E-state index in [-0.39, 0.29) is 12.8 Å². The molecule has 0 spiro atoms. The van der Waals surface area contributed by atoms with Gasteiger partial charge < -0.3 is 14.9 Å². The number of nitrogen functional groups attached to an aromatic ring is 1. The van der Waals surface area contributed by atoms with Crippen molar-refractivity contribution in [1.82, 2.24) is 4.90 Å². The first-order valence-corrected chi connectivity index (χ1v) is 14.3. The number of alkyl halides is 1. The van der Waals surface area contributed by atoms with Crippen LogP contribution >= 0.6 is 0 Å². The van der Waals surface area contributed by atoms with Crippen molar-refractivity contribution in [2.24, 2.45) is 0 Å². The van der Waals surface area contributed by atoms with Crippen molar-refractivity contribution in [3.63, 3.8) is 0 Å². The van der Waals surface area contributed by atoms with Gasteiger partial charge in [-0.25, -0.2) is 0 Å². The van der Waals surface area contributed by atoms with E-state index in [4.69, 9.17) is 14.9 Å². The molecule has 6 rings (SSSR count). The second kappa shape index (κ2) is 11.7. The number of rotatable bonds is 8. The number of likely N-dealkylation sites (tertiary alicyclic amines) is 1. The average molecular weight is 525 g/mol. The molecule has 202 valence electrons. The topological polar surface area (TPSA) is 51.6 Å².